The molecule has 2 saturated heterocycles. The zero-order valence-electron chi connectivity index (χ0n) is 12.0. The van der Waals surface area contributed by atoms with Crippen molar-refractivity contribution in [3.8, 4) is 11.5 Å². The molecule has 3 atom stereocenters. The average Bonchev–Trinajstić information content (AvgIpc) is 3.28. The van der Waals surface area contributed by atoms with Crippen molar-refractivity contribution in [3.05, 3.63) is 32.9 Å². The number of aromatic amines is 2. The van der Waals surface area contributed by atoms with Crippen molar-refractivity contribution in [2.45, 2.75) is 37.4 Å². The molecule has 0 amide bonds. The molecular weight excluding hydrogens is 364 g/mol. The van der Waals surface area contributed by atoms with Gasteiger partial charge in [-0.2, -0.15) is 4.98 Å². The molecule has 8 heteroatoms. The van der Waals surface area contributed by atoms with Crippen molar-refractivity contribution < 1.29 is 9.26 Å². The summed E-state index contributed by atoms with van der Waals surface area (Å²) in [7, 11) is 0. The normalized spacial score (nSPS) is 26.4. The van der Waals surface area contributed by atoms with E-state index in [1.807, 2.05) is 12.1 Å². The van der Waals surface area contributed by atoms with Crippen LogP contribution in [-0.2, 0) is 4.74 Å². The Morgan fingerprint density at radius 3 is 2.96 bits per heavy atom. The van der Waals surface area contributed by atoms with Gasteiger partial charge in [0.1, 0.15) is 0 Å². The van der Waals surface area contributed by atoms with E-state index >= 15 is 0 Å². The number of imidazole rings is 1. The minimum Gasteiger partial charge on any atom is -0.374 e. The fourth-order valence-electron chi connectivity index (χ4n) is 3.68. The lowest BCUT2D eigenvalue weighted by molar-refractivity contribution is 0.0996. The number of fused-ring (bicyclic) bond motifs is 3. The molecule has 2 aliphatic heterocycles. The summed E-state index contributed by atoms with van der Waals surface area (Å²) in [6.45, 7) is 0. The Kier molecular flexibility index (Phi) is 2.81. The van der Waals surface area contributed by atoms with E-state index in [1.54, 1.807) is 0 Å². The maximum atomic E-state index is 11.6. The molecule has 0 unspecified atom stereocenters. The van der Waals surface area contributed by atoms with Gasteiger partial charge in [-0.15, -0.1) is 0 Å². The molecule has 0 saturated carbocycles. The summed E-state index contributed by atoms with van der Waals surface area (Å²) in [5, 5.41) is 4.15. The molecule has 2 aliphatic rings. The SMILES string of the molecule is O=c1[nH]c2cc(Br)cc(-c3nc([C@@H]4C[C@H]5CC[C@@H]4O5)no3)c2[nH]1. The van der Waals surface area contributed by atoms with Gasteiger partial charge >= 0.3 is 5.69 Å². The quantitative estimate of drug-likeness (QED) is 0.716. The molecule has 23 heavy (non-hydrogen) atoms. The van der Waals surface area contributed by atoms with Gasteiger partial charge in [-0.1, -0.05) is 21.1 Å². The van der Waals surface area contributed by atoms with Gasteiger partial charge < -0.3 is 19.2 Å². The van der Waals surface area contributed by atoms with E-state index in [1.165, 1.54) is 0 Å². The number of aromatic nitrogens is 4. The summed E-state index contributed by atoms with van der Waals surface area (Å²) in [5.41, 5.74) is 1.80. The summed E-state index contributed by atoms with van der Waals surface area (Å²) >= 11 is 3.44. The second-order valence-electron chi connectivity index (χ2n) is 6.13. The predicted molar refractivity (Wildman–Crippen MR) is 85.2 cm³/mol. The average molecular weight is 377 g/mol. The van der Waals surface area contributed by atoms with Crippen molar-refractivity contribution in [1.82, 2.24) is 20.1 Å². The van der Waals surface area contributed by atoms with Gasteiger partial charge in [0.25, 0.3) is 5.89 Å². The van der Waals surface area contributed by atoms with Gasteiger partial charge in [-0.25, -0.2) is 4.79 Å². The number of halogens is 1. The fourth-order valence-corrected chi connectivity index (χ4v) is 4.14. The number of H-pyrrole nitrogens is 2. The van der Waals surface area contributed by atoms with Crippen molar-refractivity contribution in [2.24, 2.45) is 0 Å². The second kappa shape index (κ2) is 4.78. The van der Waals surface area contributed by atoms with Crippen LogP contribution in [-0.4, -0.2) is 32.3 Å². The Morgan fingerprint density at radius 2 is 2.17 bits per heavy atom. The van der Waals surface area contributed by atoms with Crippen LogP contribution >= 0.6 is 15.9 Å². The first kappa shape index (κ1) is 13.5. The summed E-state index contributed by atoms with van der Waals surface area (Å²) in [5.74, 6) is 1.31. The van der Waals surface area contributed by atoms with E-state index in [2.05, 4.69) is 36.0 Å². The zero-order valence-corrected chi connectivity index (χ0v) is 13.6. The van der Waals surface area contributed by atoms with Crippen LogP contribution in [0, 0.1) is 0 Å². The van der Waals surface area contributed by atoms with E-state index in [0.717, 1.165) is 23.7 Å². The first-order valence-corrected chi connectivity index (χ1v) is 8.37. The Balaban J connectivity index is 1.59. The Morgan fingerprint density at radius 1 is 1.26 bits per heavy atom. The van der Waals surface area contributed by atoms with E-state index in [-0.39, 0.29) is 17.7 Å². The van der Waals surface area contributed by atoms with Gasteiger partial charge in [-0.3, -0.25) is 0 Å². The van der Waals surface area contributed by atoms with Crippen LogP contribution in [0.4, 0.5) is 0 Å². The van der Waals surface area contributed by atoms with Crippen LogP contribution in [0.2, 0.25) is 0 Å². The van der Waals surface area contributed by atoms with E-state index in [0.29, 0.717) is 34.4 Å². The predicted octanol–water partition coefficient (Wildman–Crippen LogP) is 2.70. The number of hydrogen-bond acceptors (Lipinski definition) is 5. The molecule has 3 aromatic rings. The summed E-state index contributed by atoms with van der Waals surface area (Å²) in [6.07, 6.45) is 3.69. The zero-order chi connectivity index (χ0) is 15.6. The molecule has 1 aromatic carbocycles. The lowest BCUT2D eigenvalue weighted by Gasteiger charge is -2.13. The van der Waals surface area contributed by atoms with Crippen molar-refractivity contribution in [2.75, 3.05) is 0 Å². The molecule has 7 nitrogen and oxygen atoms in total. The third-order valence-corrected chi connectivity index (χ3v) is 5.16. The molecule has 2 aromatic heterocycles. The smallest absolute Gasteiger partial charge is 0.323 e. The summed E-state index contributed by atoms with van der Waals surface area (Å²) < 4.78 is 12.2. The van der Waals surface area contributed by atoms with Crippen LogP contribution in [0.15, 0.2) is 25.9 Å². The number of benzene rings is 1. The van der Waals surface area contributed by atoms with Crippen LogP contribution < -0.4 is 5.69 Å². The first-order valence-electron chi connectivity index (χ1n) is 7.58. The molecule has 2 fully saturated rings. The van der Waals surface area contributed by atoms with Crippen molar-refractivity contribution in [1.29, 1.82) is 0 Å². The molecule has 2 N–H and O–H groups in total. The van der Waals surface area contributed by atoms with Crippen LogP contribution in [0.3, 0.4) is 0 Å². The van der Waals surface area contributed by atoms with Crippen LogP contribution in [0.25, 0.3) is 22.5 Å². The molecular formula is C15H13BrN4O3. The highest BCUT2D eigenvalue weighted by Gasteiger charge is 2.43. The largest absolute Gasteiger partial charge is 0.374 e. The standard InChI is InChI=1S/C15H13BrN4O3/c16-6-3-9(12-10(4-6)17-15(21)18-12)14-19-13(20-23-14)8-5-7-1-2-11(8)22-7/h3-4,7-8,11H,1-2,5H2,(H2,17,18,21)/t7-,8-,11+/m1/s1. The maximum absolute atomic E-state index is 11.6. The number of hydrogen-bond donors (Lipinski definition) is 2. The minimum absolute atomic E-state index is 0.208. The van der Waals surface area contributed by atoms with Crippen molar-refractivity contribution >= 4 is 27.0 Å². The lowest BCUT2D eigenvalue weighted by Crippen LogP contribution is -2.15. The molecule has 2 bridgehead atoms. The van der Waals surface area contributed by atoms with Gasteiger partial charge in [0.05, 0.1) is 34.7 Å². The Bertz CT molecular complexity index is 959. The Labute approximate surface area is 138 Å². The minimum atomic E-state index is -0.263. The van der Waals surface area contributed by atoms with E-state index in [9.17, 15) is 4.79 Å². The number of nitrogens with zero attached hydrogens (tertiary/aromatic N) is 2. The topological polar surface area (TPSA) is 96.8 Å². The molecule has 4 heterocycles. The highest BCUT2D eigenvalue weighted by molar-refractivity contribution is 9.10. The highest BCUT2D eigenvalue weighted by Crippen LogP contribution is 2.44. The summed E-state index contributed by atoms with van der Waals surface area (Å²) in [4.78, 5) is 21.7. The van der Waals surface area contributed by atoms with Gasteiger partial charge in [-0.05, 0) is 31.4 Å². The Hall–Kier alpha value is -1.93. The van der Waals surface area contributed by atoms with Crippen molar-refractivity contribution in [3.63, 3.8) is 0 Å². The molecule has 5 rings (SSSR count). The second-order valence-corrected chi connectivity index (χ2v) is 7.04. The molecule has 0 radical (unpaired) electrons. The molecule has 118 valence electrons. The van der Waals surface area contributed by atoms with Gasteiger partial charge in [0.15, 0.2) is 5.82 Å². The van der Waals surface area contributed by atoms with Gasteiger partial charge in [0.2, 0.25) is 0 Å². The number of ether oxygens (including phenoxy) is 1. The monoisotopic (exact) mass is 376 g/mol. The highest BCUT2D eigenvalue weighted by atomic mass is 79.9. The van der Waals surface area contributed by atoms with Crippen LogP contribution in [0.1, 0.15) is 31.0 Å². The van der Waals surface area contributed by atoms with Crippen LogP contribution in [0.5, 0.6) is 0 Å². The fraction of sp³-hybridized carbons (Fsp3) is 0.400. The number of rotatable bonds is 2. The third-order valence-electron chi connectivity index (χ3n) is 4.70. The van der Waals surface area contributed by atoms with E-state index in [4.69, 9.17) is 9.26 Å². The summed E-state index contributed by atoms with van der Waals surface area (Å²) in [6, 6.07) is 3.69. The maximum Gasteiger partial charge on any atom is 0.323 e. The first-order chi connectivity index (χ1) is 11.2. The third kappa shape index (κ3) is 2.08. The van der Waals surface area contributed by atoms with E-state index < -0.39 is 0 Å². The van der Waals surface area contributed by atoms with Gasteiger partial charge in [0, 0.05) is 4.47 Å². The molecule has 0 aliphatic carbocycles. The number of nitrogens with one attached hydrogen (secondary N) is 2. The molecule has 0 spiro atoms. The lowest BCUT2D eigenvalue weighted by atomic mass is 9.89.